The Kier molecular flexibility index (Phi) is 5.86. The lowest BCUT2D eigenvalue weighted by molar-refractivity contribution is -0.129. The summed E-state index contributed by atoms with van der Waals surface area (Å²) in [6.45, 7) is 4.35. The minimum atomic E-state index is -0.233. The average molecular weight is 433 g/mol. The Bertz CT molecular complexity index is 1250. The van der Waals surface area contributed by atoms with Crippen LogP contribution in [0.25, 0.3) is 16.4 Å². The molecular weight excluding hydrogens is 408 g/mol. The molecule has 0 aliphatic rings. The number of aryl methyl sites for hydroxylation is 2. The lowest BCUT2D eigenvalue weighted by Gasteiger charge is -2.16. The minimum absolute atomic E-state index is 0.0493. The topological polar surface area (TPSA) is 71.0 Å². The molecule has 4 aromatic rings. The number of benzene rings is 2. The van der Waals surface area contributed by atoms with Gasteiger partial charge >= 0.3 is 0 Å². The van der Waals surface area contributed by atoms with Gasteiger partial charge < -0.3 is 4.90 Å². The van der Waals surface area contributed by atoms with Gasteiger partial charge in [0.2, 0.25) is 11.0 Å². The molecule has 31 heavy (non-hydrogen) atoms. The van der Waals surface area contributed by atoms with Crippen molar-refractivity contribution in [2.75, 3.05) is 7.05 Å². The quantitative estimate of drug-likeness (QED) is 0.498. The minimum Gasteiger partial charge on any atom is -0.341 e. The Balaban J connectivity index is 1.53. The van der Waals surface area contributed by atoms with Crippen molar-refractivity contribution in [2.45, 2.75) is 26.8 Å². The van der Waals surface area contributed by atoms with Gasteiger partial charge in [0, 0.05) is 35.8 Å². The van der Waals surface area contributed by atoms with Crippen LogP contribution < -0.4 is 5.56 Å². The van der Waals surface area contributed by atoms with Crippen LogP contribution in [0.15, 0.2) is 64.8 Å². The van der Waals surface area contributed by atoms with E-state index in [9.17, 15) is 9.59 Å². The maximum Gasteiger partial charge on any atom is 0.277 e. The Morgan fingerprint density at radius 3 is 2.52 bits per heavy atom. The molecule has 6 nitrogen and oxygen atoms in total. The molecule has 1 N–H and O–H groups in total. The predicted molar refractivity (Wildman–Crippen MR) is 124 cm³/mol. The predicted octanol–water partition coefficient (Wildman–Crippen LogP) is 4.11. The molecule has 2 aromatic heterocycles. The van der Waals surface area contributed by atoms with Gasteiger partial charge in [-0.05, 0) is 19.4 Å². The first-order valence-electron chi connectivity index (χ1n) is 10.0. The van der Waals surface area contributed by atoms with E-state index in [1.807, 2.05) is 73.8 Å². The monoisotopic (exact) mass is 432 g/mol. The second-order valence-corrected chi connectivity index (χ2v) is 8.49. The lowest BCUT2D eigenvalue weighted by atomic mass is 10.1. The van der Waals surface area contributed by atoms with Crippen molar-refractivity contribution in [3.63, 3.8) is 0 Å². The third kappa shape index (κ3) is 4.51. The van der Waals surface area contributed by atoms with Crippen molar-refractivity contribution in [1.82, 2.24) is 19.7 Å². The van der Waals surface area contributed by atoms with Crippen LogP contribution in [-0.2, 0) is 17.8 Å². The summed E-state index contributed by atoms with van der Waals surface area (Å²) in [5.41, 5.74) is 4.97. The van der Waals surface area contributed by atoms with E-state index < -0.39 is 0 Å². The Hall–Kier alpha value is -3.45. The zero-order valence-corrected chi connectivity index (χ0v) is 18.6. The highest BCUT2D eigenvalue weighted by molar-refractivity contribution is 7.12. The molecule has 4 rings (SSSR count). The van der Waals surface area contributed by atoms with Crippen LogP contribution in [0.2, 0.25) is 0 Å². The molecule has 0 unspecified atom stereocenters. The number of carbonyl (C=O) groups is 1. The van der Waals surface area contributed by atoms with E-state index in [-0.39, 0.29) is 17.9 Å². The van der Waals surface area contributed by atoms with Gasteiger partial charge in [-0.15, -0.1) is 11.3 Å². The summed E-state index contributed by atoms with van der Waals surface area (Å²) >= 11 is 1.39. The van der Waals surface area contributed by atoms with Crippen molar-refractivity contribution >= 4 is 17.2 Å². The van der Waals surface area contributed by atoms with Crippen LogP contribution >= 0.6 is 11.3 Å². The summed E-state index contributed by atoms with van der Waals surface area (Å²) in [4.78, 5) is 32.0. The van der Waals surface area contributed by atoms with Gasteiger partial charge in [0.15, 0.2) is 0 Å². The van der Waals surface area contributed by atoms with E-state index in [1.54, 1.807) is 11.9 Å². The van der Waals surface area contributed by atoms with Crippen molar-refractivity contribution in [3.8, 4) is 16.4 Å². The number of likely N-dealkylation sites (N-methyl/N-ethyl adjacent to an activating group) is 1. The van der Waals surface area contributed by atoms with Gasteiger partial charge in [0.05, 0.1) is 12.1 Å². The van der Waals surface area contributed by atoms with Gasteiger partial charge in [-0.2, -0.15) is 4.68 Å². The van der Waals surface area contributed by atoms with Crippen molar-refractivity contribution in [3.05, 3.63) is 92.7 Å². The first-order valence-corrected chi connectivity index (χ1v) is 10.9. The molecule has 0 aliphatic carbocycles. The largest absolute Gasteiger partial charge is 0.341 e. The summed E-state index contributed by atoms with van der Waals surface area (Å²) in [5, 5.41) is 5.57. The highest BCUT2D eigenvalue weighted by Gasteiger charge is 2.19. The SMILES string of the molecule is Cc1ccc(-c2csc(-n3[nH]c(C)c(CC(=O)N(C)Cc4ccccc4)c3=O)n2)cc1. The number of rotatable bonds is 6. The third-order valence-electron chi connectivity index (χ3n) is 5.24. The fraction of sp³-hybridized carbons (Fsp3) is 0.208. The normalized spacial score (nSPS) is 10.9. The van der Waals surface area contributed by atoms with E-state index in [2.05, 4.69) is 10.1 Å². The maximum absolute atomic E-state index is 13.0. The lowest BCUT2D eigenvalue weighted by Crippen LogP contribution is -2.30. The maximum atomic E-state index is 13.0. The van der Waals surface area contributed by atoms with Gasteiger partial charge in [-0.25, -0.2) is 4.98 Å². The number of aromatic amines is 1. The summed E-state index contributed by atoms with van der Waals surface area (Å²) in [6, 6.07) is 17.9. The number of thiazole rings is 1. The number of carbonyl (C=O) groups excluding carboxylic acids is 1. The highest BCUT2D eigenvalue weighted by Crippen LogP contribution is 2.24. The molecule has 0 atom stereocenters. The number of hydrogen-bond acceptors (Lipinski definition) is 4. The van der Waals surface area contributed by atoms with Crippen LogP contribution in [-0.4, -0.2) is 32.6 Å². The molecule has 0 radical (unpaired) electrons. The van der Waals surface area contributed by atoms with E-state index in [0.29, 0.717) is 22.9 Å². The molecule has 0 fully saturated rings. The molecular formula is C24H24N4O2S. The molecule has 0 saturated carbocycles. The number of amides is 1. The van der Waals surface area contributed by atoms with E-state index in [4.69, 9.17) is 0 Å². The van der Waals surface area contributed by atoms with Gasteiger partial charge in [-0.3, -0.25) is 14.7 Å². The number of hydrogen-bond donors (Lipinski definition) is 1. The van der Waals surface area contributed by atoms with E-state index in [0.717, 1.165) is 16.8 Å². The molecule has 0 aliphatic heterocycles. The molecule has 0 saturated heterocycles. The molecule has 2 heterocycles. The standard InChI is InChI=1S/C24H24N4O2S/c1-16-9-11-19(12-10-16)21-15-31-24(25-21)28-23(30)20(17(2)26-28)13-22(29)27(3)14-18-7-5-4-6-8-18/h4-12,15,26H,13-14H2,1-3H3. The van der Waals surface area contributed by atoms with Gasteiger partial charge in [-0.1, -0.05) is 60.2 Å². The zero-order chi connectivity index (χ0) is 22.0. The van der Waals surface area contributed by atoms with Gasteiger partial charge in [0.25, 0.3) is 5.56 Å². The molecule has 158 valence electrons. The van der Waals surface area contributed by atoms with Crippen molar-refractivity contribution < 1.29 is 4.79 Å². The van der Waals surface area contributed by atoms with Crippen LogP contribution in [0.5, 0.6) is 0 Å². The van der Waals surface area contributed by atoms with E-state index in [1.165, 1.54) is 21.6 Å². The Labute approximate surface area is 184 Å². The van der Waals surface area contributed by atoms with Gasteiger partial charge in [0.1, 0.15) is 0 Å². The summed E-state index contributed by atoms with van der Waals surface area (Å²) in [7, 11) is 1.75. The van der Waals surface area contributed by atoms with Crippen LogP contribution in [0.3, 0.4) is 0 Å². The molecule has 2 aromatic carbocycles. The Morgan fingerprint density at radius 2 is 1.81 bits per heavy atom. The fourth-order valence-corrected chi connectivity index (χ4v) is 4.17. The summed E-state index contributed by atoms with van der Waals surface area (Å²) in [6.07, 6.45) is 0.0493. The van der Waals surface area contributed by atoms with Crippen LogP contribution in [0, 0.1) is 13.8 Å². The summed E-state index contributed by atoms with van der Waals surface area (Å²) in [5.74, 6) is -0.102. The zero-order valence-electron chi connectivity index (χ0n) is 17.8. The number of nitrogens with zero attached hydrogens (tertiary/aromatic N) is 3. The molecule has 1 amide bonds. The smallest absolute Gasteiger partial charge is 0.277 e. The number of aromatic nitrogens is 3. The van der Waals surface area contributed by atoms with Crippen molar-refractivity contribution in [2.24, 2.45) is 0 Å². The van der Waals surface area contributed by atoms with Crippen molar-refractivity contribution in [1.29, 1.82) is 0 Å². The van der Waals surface area contributed by atoms with Crippen LogP contribution in [0.1, 0.15) is 22.4 Å². The number of H-pyrrole nitrogens is 1. The highest BCUT2D eigenvalue weighted by atomic mass is 32.1. The molecule has 7 heteroatoms. The number of nitrogens with one attached hydrogen (secondary N) is 1. The fourth-order valence-electron chi connectivity index (χ4n) is 3.38. The average Bonchev–Trinajstić information content (AvgIpc) is 3.35. The summed E-state index contributed by atoms with van der Waals surface area (Å²) < 4.78 is 1.43. The molecule has 0 spiro atoms. The third-order valence-corrected chi connectivity index (χ3v) is 6.07. The van der Waals surface area contributed by atoms with Crippen LogP contribution in [0.4, 0.5) is 0 Å². The second kappa shape index (κ2) is 8.73. The first kappa shape index (κ1) is 20.8. The molecule has 0 bridgehead atoms. The van der Waals surface area contributed by atoms with E-state index >= 15 is 0 Å². The Morgan fingerprint density at radius 1 is 1.10 bits per heavy atom. The first-order chi connectivity index (χ1) is 14.9. The second-order valence-electron chi connectivity index (χ2n) is 7.65.